The van der Waals surface area contributed by atoms with Crippen LogP contribution in [0.4, 0.5) is 13.2 Å². The van der Waals surface area contributed by atoms with Crippen LogP contribution in [-0.4, -0.2) is 9.55 Å². The SMILES string of the molecule is Fc1cccc(Cl)c1-n1c(CCl)nc2ccc(F)c(F)c21. The molecule has 0 fully saturated rings. The van der Waals surface area contributed by atoms with Crippen LogP contribution in [0.15, 0.2) is 30.3 Å². The first kappa shape index (κ1) is 14.2. The summed E-state index contributed by atoms with van der Waals surface area (Å²) in [6, 6.07) is 6.28. The summed E-state index contributed by atoms with van der Waals surface area (Å²) in [5, 5.41) is 0.0457. The average molecular weight is 331 g/mol. The lowest BCUT2D eigenvalue weighted by atomic mass is 10.2. The van der Waals surface area contributed by atoms with E-state index in [9.17, 15) is 13.2 Å². The van der Waals surface area contributed by atoms with E-state index >= 15 is 0 Å². The number of rotatable bonds is 2. The van der Waals surface area contributed by atoms with Crippen molar-refractivity contribution in [3.63, 3.8) is 0 Å². The minimum atomic E-state index is -1.13. The normalized spacial score (nSPS) is 11.3. The van der Waals surface area contributed by atoms with Gasteiger partial charge in [-0.2, -0.15) is 0 Å². The summed E-state index contributed by atoms with van der Waals surface area (Å²) >= 11 is 11.8. The molecule has 0 atom stereocenters. The molecule has 0 saturated carbocycles. The van der Waals surface area contributed by atoms with Crippen LogP contribution in [0.2, 0.25) is 5.02 Å². The van der Waals surface area contributed by atoms with Crippen LogP contribution < -0.4 is 0 Å². The predicted octanol–water partition coefficient (Wildman–Crippen LogP) is 4.84. The Kier molecular flexibility index (Phi) is 3.55. The quantitative estimate of drug-likeness (QED) is 0.615. The fraction of sp³-hybridized carbons (Fsp3) is 0.0714. The molecule has 21 heavy (non-hydrogen) atoms. The molecule has 7 heteroatoms. The molecule has 2 nitrogen and oxygen atoms in total. The third kappa shape index (κ3) is 2.17. The van der Waals surface area contributed by atoms with Crippen molar-refractivity contribution in [2.75, 3.05) is 0 Å². The first-order valence-electron chi connectivity index (χ1n) is 5.90. The van der Waals surface area contributed by atoms with E-state index in [1.807, 2.05) is 0 Å². The zero-order valence-corrected chi connectivity index (χ0v) is 11.9. The number of halogens is 5. The van der Waals surface area contributed by atoms with Crippen LogP contribution in [0.25, 0.3) is 16.7 Å². The number of benzene rings is 2. The van der Waals surface area contributed by atoms with Gasteiger partial charge in [0.2, 0.25) is 0 Å². The maximum absolute atomic E-state index is 14.1. The van der Waals surface area contributed by atoms with E-state index in [0.29, 0.717) is 0 Å². The van der Waals surface area contributed by atoms with E-state index in [1.165, 1.54) is 24.3 Å². The van der Waals surface area contributed by atoms with Gasteiger partial charge < -0.3 is 0 Å². The van der Waals surface area contributed by atoms with Crippen molar-refractivity contribution in [3.05, 3.63) is 58.6 Å². The molecule has 1 aromatic heterocycles. The number of nitrogens with zero attached hydrogens (tertiary/aromatic N) is 2. The lowest BCUT2D eigenvalue weighted by Crippen LogP contribution is -2.04. The van der Waals surface area contributed by atoms with Gasteiger partial charge in [-0.05, 0) is 24.3 Å². The number of imidazole rings is 1. The monoisotopic (exact) mass is 330 g/mol. The fourth-order valence-corrected chi connectivity index (χ4v) is 2.61. The van der Waals surface area contributed by atoms with Crippen molar-refractivity contribution in [1.82, 2.24) is 9.55 Å². The second kappa shape index (κ2) is 5.24. The van der Waals surface area contributed by atoms with Crippen LogP contribution in [0.3, 0.4) is 0 Å². The largest absolute Gasteiger partial charge is 0.288 e. The Balaban J connectivity index is 2.49. The van der Waals surface area contributed by atoms with Crippen molar-refractivity contribution in [3.8, 4) is 5.69 Å². The van der Waals surface area contributed by atoms with Gasteiger partial charge in [-0.15, -0.1) is 11.6 Å². The minimum Gasteiger partial charge on any atom is -0.288 e. The molecule has 3 aromatic rings. The molecule has 1 heterocycles. The Morgan fingerprint density at radius 3 is 2.48 bits per heavy atom. The molecule has 0 N–H and O–H groups in total. The van der Waals surface area contributed by atoms with Gasteiger partial charge in [0.25, 0.3) is 0 Å². The van der Waals surface area contributed by atoms with Crippen molar-refractivity contribution >= 4 is 34.2 Å². The van der Waals surface area contributed by atoms with Crippen LogP contribution in [0.5, 0.6) is 0 Å². The van der Waals surface area contributed by atoms with Crippen LogP contribution in [0.1, 0.15) is 5.82 Å². The number of para-hydroxylation sites is 1. The Morgan fingerprint density at radius 2 is 1.81 bits per heavy atom. The molecular formula is C14H7Cl2F3N2. The van der Waals surface area contributed by atoms with Gasteiger partial charge in [-0.25, -0.2) is 18.2 Å². The predicted molar refractivity (Wildman–Crippen MR) is 75.5 cm³/mol. The number of aromatic nitrogens is 2. The van der Waals surface area contributed by atoms with E-state index in [1.54, 1.807) is 0 Å². The molecule has 0 aliphatic rings. The van der Waals surface area contributed by atoms with Crippen molar-refractivity contribution in [1.29, 1.82) is 0 Å². The summed E-state index contributed by atoms with van der Waals surface area (Å²) in [7, 11) is 0. The van der Waals surface area contributed by atoms with Crippen molar-refractivity contribution < 1.29 is 13.2 Å². The maximum Gasteiger partial charge on any atom is 0.185 e. The third-order valence-electron chi connectivity index (χ3n) is 3.06. The molecule has 0 aliphatic heterocycles. The fourth-order valence-electron chi connectivity index (χ4n) is 2.18. The van der Waals surface area contributed by atoms with Gasteiger partial charge in [-0.3, -0.25) is 4.57 Å². The van der Waals surface area contributed by atoms with Gasteiger partial charge >= 0.3 is 0 Å². The zero-order valence-electron chi connectivity index (χ0n) is 10.4. The second-order valence-corrected chi connectivity index (χ2v) is 4.97. The summed E-state index contributed by atoms with van der Waals surface area (Å²) < 4.78 is 42.8. The van der Waals surface area contributed by atoms with Crippen LogP contribution in [-0.2, 0) is 5.88 Å². The van der Waals surface area contributed by atoms with E-state index in [-0.39, 0.29) is 33.4 Å². The summed E-state index contributed by atoms with van der Waals surface area (Å²) in [6.45, 7) is 0. The Bertz CT molecular complexity index is 826. The highest BCUT2D eigenvalue weighted by atomic mass is 35.5. The molecule has 0 unspecified atom stereocenters. The van der Waals surface area contributed by atoms with Gasteiger partial charge in [0, 0.05) is 0 Å². The summed E-state index contributed by atoms with van der Waals surface area (Å²) in [4.78, 5) is 4.09. The first-order valence-corrected chi connectivity index (χ1v) is 6.81. The molecule has 3 rings (SSSR count). The highest BCUT2D eigenvalue weighted by molar-refractivity contribution is 6.32. The number of alkyl halides is 1. The van der Waals surface area contributed by atoms with E-state index < -0.39 is 17.5 Å². The van der Waals surface area contributed by atoms with E-state index in [2.05, 4.69) is 4.98 Å². The lowest BCUT2D eigenvalue weighted by Gasteiger charge is -2.11. The molecule has 108 valence electrons. The number of hydrogen-bond donors (Lipinski definition) is 0. The molecule has 0 bridgehead atoms. The number of hydrogen-bond acceptors (Lipinski definition) is 1. The minimum absolute atomic E-state index is 0.0457. The third-order valence-corrected chi connectivity index (χ3v) is 3.60. The average Bonchev–Trinajstić information content (AvgIpc) is 2.82. The molecular weight excluding hydrogens is 324 g/mol. The van der Waals surface area contributed by atoms with Crippen LogP contribution >= 0.6 is 23.2 Å². The topological polar surface area (TPSA) is 17.8 Å². The molecule has 0 radical (unpaired) electrons. The molecule has 0 aliphatic carbocycles. The number of fused-ring (bicyclic) bond motifs is 1. The standard InChI is InChI=1S/C14H7Cl2F3N2/c15-6-11-20-10-5-4-8(17)12(19)14(10)21(11)13-7(16)2-1-3-9(13)18/h1-5H,6H2. The summed E-state index contributed by atoms with van der Waals surface area (Å²) in [6.07, 6.45) is 0. The maximum atomic E-state index is 14.1. The Hall–Kier alpha value is -1.72. The zero-order chi connectivity index (χ0) is 15.1. The lowest BCUT2D eigenvalue weighted by molar-refractivity contribution is 0.513. The van der Waals surface area contributed by atoms with Crippen LogP contribution in [0, 0.1) is 17.5 Å². The molecule has 0 spiro atoms. The van der Waals surface area contributed by atoms with E-state index in [0.717, 1.165) is 10.6 Å². The molecule has 0 amide bonds. The first-order chi connectivity index (χ1) is 10.0. The summed E-state index contributed by atoms with van der Waals surface area (Å²) in [5.74, 6) is -2.81. The van der Waals surface area contributed by atoms with Gasteiger partial charge in [0.05, 0.1) is 16.4 Å². The Morgan fingerprint density at radius 1 is 1.05 bits per heavy atom. The van der Waals surface area contributed by atoms with Crippen molar-refractivity contribution in [2.45, 2.75) is 5.88 Å². The highest BCUT2D eigenvalue weighted by Crippen LogP contribution is 2.31. The van der Waals surface area contributed by atoms with Gasteiger partial charge in [0.1, 0.15) is 22.8 Å². The molecule has 2 aromatic carbocycles. The van der Waals surface area contributed by atoms with Gasteiger partial charge in [0.15, 0.2) is 11.6 Å². The van der Waals surface area contributed by atoms with Crippen molar-refractivity contribution in [2.24, 2.45) is 0 Å². The summed E-state index contributed by atoms with van der Waals surface area (Å²) in [5.41, 5.74) is -0.136. The smallest absolute Gasteiger partial charge is 0.185 e. The highest BCUT2D eigenvalue weighted by Gasteiger charge is 2.21. The second-order valence-electron chi connectivity index (χ2n) is 4.30. The van der Waals surface area contributed by atoms with E-state index in [4.69, 9.17) is 23.2 Å². The molecule has 0 saturated heterocycles. The Labute approximate surface area is 127 Å². The van der Waals surface area contributed by atoms with Gasteiger partial charge in [-0.1, -0.05) is 17.7 Å².